The summed E-state index contributed by atoms with van der Waals surface area (Å²) in [5.74, 6) is 0.407. The Kier molecular flexibility index (Phi) is 1.67. The third-order valence-corrected chi connectivity index (χ3v) is 1.23. The molecule has 3 nitrogen and oxygen atoms in total. The molecule has 0 atom stereocenters. The Morgan fingerprint density at radius 2 is 2.20 bits per heavy atom. The normalized spacial score (nSPS) is 9.30. The number of aromatic hydroxyl groups is 1. The van der Waals surface area contributed by atoms with Crippen molar-refractivity contribution >= 4 is 5.69 Å². The topological polar surface area (TPSA) is 55.5 Å². The molecule has 0 heterocycles. The third kappa shape index (κ3) is 0.978. The van der Waals surface area contributed by atoms with Gasteiger partial charge in [-0.2, -0.15) is 0 Å². The maximum absolute atomic E-state index is 9.09. The molecular formula is C7H9NO2. The largest absolute Gasteiger partial charge is 0.504 e. The van der Waals surface area contributed by atoms with Crippen molar-refractivity contribution in [3.8, 4) is 11.5 Å². The number of nitrogens with two attached hydrogens (primary N) is 1. The van der Waals surface area contributed by atoms with Gasteiger partial charge in [-0.1, -0.05) is 6.07 Å². The summed E-state index contributed by atoms with van der Waals surface area (Å²) in [4.78, 5) is 0. The molecular weight excluding hydrogens is 130 g/mol. The monoisotopic (exact) mass is 139 g/mol. The number of ether oxygens (including phenoxy) is 1. The lowest BCUT2D eigenvalue weighted by molar-refractivity contribution is 0.375. The van der Waals surface area contributed by atoms with Crippen molar-refractivity contribution in [1.82, 2.24) is 0 Å². The van der Waals surface area contributed by atoms with Crippen LogP contribution in [0.5, 0.6) is 11.5 Å². The molecule has 0 fully saturated rings. The van der Waals surface area contributed by atoms with Gasteiger partial charge < -0.3 is 15.6 Å². The number of anilines is 1. The summed E-state index contributed by atoms with van der Waals surface area (Å²) in [6.45, 7) is 0. The SMILES string of the molecule is COc1c(N)cccc1O. The smallest absolute Gasteiger partial charge is 0.183 e. The number of nitrogen functional groups attached to an aromatic ring is 1. The first kappa shape index (κ1) is 6.74. The van der Waals surface area contributed by atoms with Crippen molar-refractivity contribution in [2.45, 2.75) is 0 Å². The lowest BCUT2D eigenvalue weighted by Gasteiger charge is -2.04. The second-order valence-electron chi connectivity index (χ2n) is 1.90. The van der Waals surface area contributed by atoms with Crippen LogP contribution < -0.4 is 10.5 Å². The predicted octanol–water partition coefficient (Wildman–Crippen LogP) is 0.983. The molecule has 0 amide bonds. The fraction of sp³-hybridized carbons (Fsp3) is 0.143. The van der Waals surface area contributed by atoms with E-state index in [2.05, 4.69) is 0 Å². The molecule has 0 radical (unpaired) electrons. The van der Waals surface area contributed by atoms with Crippen LogP contribution in [0, 0.1) is 0 Å². The maximum atomic E-state index is 9.09. The van der Waals surface area contributed by atoms with Gasteiger partial charge in [0, 0.05) is 0 Å². The van der Waals surface area contributed by atoms with Crippen LogP contribution in [0.2, 0.25) is 0 Å². The minimum absolute atomic E-state index is 0.0718. The fourth-order valence-electron chi connectivity index (χ4n) is 0.765. The molecule has 54 valence electrons. The molecule has 0 aliphatic carbocycles. The van der Waals surface area contributed by atoms with E-state index in [1.807, 2.05) is 0 Å². The van der Waals surface area contributed by atoms with Gasteiger partial charge >= 0.3 is 0 Å². The number of rotatable bonds is 1. The van der Waals surface area contributed by atoms with Gasteiger partial charge in [-0.25, -0.2) is 0 Å². The summed E-state index contributed by atoms with van der Waals surface area (Å²) in [5.41, 5.74) is 5.89. The molecule has 0 aliphatic heterocycles. The molecule has 0 unspecified atom stereocenters. The molecule has 0 bridgehead atoms. The van der Waals surface area contributed by atoms with Crippen molar-refractivity contribution < 1.29 is 9.84 Å². The molecule has 0 saturated heterocycles. The molecule has 1 aromatic carbocycles. The Hall–Kier alpha value is -1.38. The number of phenols is 1. The van der Waals surface area contributed by atoms with Gasteiger partial charge in [-0.15, -0.1) is 0 Å². The predicted molar refractivity (Wildman–Crippen MR) is 39.1 cm³/mol. The van der Waals surface area contributed by atoms with Gasteiger partial charge in [0.05, 0.1) is 12.8 Å². The van der Waals surface area contributed by atoms with Crippen molar-refractivity contribution in [2.75, 3.05) is 12.8 Å². The summed E-state index contributed by atoms with van der Waals surface area (Å²) in [6.07, 6.45) is 0. The zero-order valence-corrected chi connectivity index (χ0v) is 5.66. The molecule has 3 heteroatoms. The molecule has 1 rings (SSSR count). The lowest BCUT2D eigenvalue weighted by atomic mass is 10.3. The van der Waals surface area contributed by atoms with Gasteiger partial charge in [-0.3, -0.25) is 0 Å². The maximum Gasteiger partial charge on any atom is 0.183 e. The number of hydrogen-bond acceptors (Lipinski definition) is 3. The Balaban J connectivity index is 3.17. The average Bonchev–Trinajstić information content (AvgIpc) is 1.88. The summed E-state index contributed by atoms with van der Waals surface area (Å²) >= 11 is 0. The Morgan fingerprint density at radius 1 is 1.50 bits per heavy atom. The lowest BCUT2D eigenvalue weighted by Crippen LogP contribution is -1.91. The van der Waals surface area contributed by atoms with Gasteiger partial charge in [0.1, 0.15) is 0 Å². The van der Waals surface area contributed by atoms with Crippen LogP contribution in [0.25, 0.3) is 0 Å². The number of methoxy groups -OCH3 is 1. The summed E-state index contributed by atoms with van der Waals surface area (Å²) in [5, 5.41) is 9.09. The average molecular weight is 139 g/mol. The molecule has 3 N–H and O–H groups in total. The zero-order valence-electron chi connectivity index (χ0n) is 5.66. The van der Waals surface area contributed by atoms with Gasteiger partial charge in [0.2, 0.25) is 0 Å². The number of benzene rings is 1. The molecule has 1 aromatic rings. The second kappa shape index (κ2) is 2.47. The van der Waals surface area contributed by atoms with Crippen LogP contribution in [0.15, 0.2) is 18.2 Å². The third-order valence-electron chi connectivity index (χ3n) is 1.23. The zero-order chi connectivity index (χ0) is 7.56. The van der Waals surface area contributed by atoms with E-state index in [0.717, 1.165) is 0 Å². The van der Waals surface area contributed by atoms with E-state index in [4.69, 9.17) is 15.6 Å². The van der Waals surface area contributed by atoms with Gasteiger partial charge in [0.15, 0.2) is 11.5 Å². The highest BCUT2D eigenvalue weighted by atomic mass is 16.5. The Bertz CT molecular complexity index is 215. The van der Waals surface area contributed by atoms with E-state index in [1.54, 1.807) is 12.1 Å². The number of hydrogen-bond donors (Lipinski definition) is 2. The first-order valence-electron chi connectivity index (χ1n) is 2.87. The van der Waals surface area contributed by atoms with Crippen molar-refractivity contribution in [1.29, 1.82) is 0 Å². The van der Waals surface area contributed by atoms with E-state index in [9.17, 15) is 0 Å². The highest BCUT2D eigenvalue weighted by Gasteiger charge is 2.02. The van der Waals surface area contributed by atoms with Crippen molar-refractivity contribution in [2.24, 2.45) is 0 Å². The van der Waals surface area contributed by atoms with Crippen LogP contribution in [-0.2, 0) is 0 Å². The van der Waals surface area contributed by atoms with Crippen LogP contribution in [-0.4, -0.2) is 12.2 Å². The molecule has 0 spiro atoms. The standard InChI is InChI=1S/C7H9NO2/c1-10-7-5(8)3-2-4-6(7)9/h2-4,9H,8H2,1H3. The number of phenolic OH excluding ortho intramolecular Hbond substituents is 1. The fourth-order valence-corrected chi connectivity index (χ4v) is 0.765. The van der Waals surface area contributed by atoms with Crippen LogP contribution in [0.4, 0.5) is 5.69 Å². The highest BCUT2D eigenvalue weighted by molar-refractivity contribution is 5.59. The van der Waals surface area contributed by atoms with Gasteiger partial charge in [-0.05, 0) is 12.1 Å². The van der Waals surface area contributed by atoms with E-state index in [1.165, 1.54) is 13.2 Å². The molecule has 10 heavy (non-hydrogen) atoms. The van der Waals surface area contributed by atoms with E-state index >= 15 is 0 Å². The second-order valence-corrected chi connectivity index (χ2v) is 1.90. The summed E-state index contributed by atoms with van der Waals surface area (Å²) in [6, 6.07) is 4.85. The Labute approximate surface area is 59.0 Å². The molecule has 0 saturated carbocycles. The van der Waals surface area contributed by atoms with Crippen LogP contribution >= 0.6 is 0 Å². The molecule has 0 aliphatic rings. The first-order chi connectivity index (χ1) is 4.75. The Morgan fingerprint density at radius 3 is 2.60 bits per heavy atom. The summed E-state index contributed by atoms with van der Waals surface area (Å²) < 4.78 is 4.80. The minimum atomic E-state index is 0.0718. The van der Waals surface area contributed by atoms with Crippen molar-refractivity contribution in [3.05, 3.63) is 18.2 Å². The quantitative estimate of drug-likeness (QED) is 0.570. The van der Waals surface area contributed by atoms with E-state index in [-0.39, 0.29) is 5.75 Å². The highest BCUT2D eigenvalue weighted by Crippen LogP contribution is 2.30. The number of para-hydroxylation sites is 1. The first-order valence-corrected chi connectivity index (χ1v) is 2.87. The van der Waals surface area contributed by atoms with Crippen LogP contribution in [0.1, 0.15) is 0 Å². The van der Waals surface area contributed by atoms with E-state index < -0.39 is 0 Å². The minimum Gasteiger partial charge on any atom is -0.504 e. The molecule has 0 aromatic heterocycles. The van der Waals surface area contributed by atoms with E-state index in [0.29, 0.717) is 11.4 Å². The van der Waals surface area contributed by atoms with Gasteiger partial charge in [0.25, 0.3) is 0 Å². The van der Waals surface area contributed by atoms with Crippen LogP contribution in [0.3, 0.4) is 0 Å². The van der Waals surface area contributed by atoms with Crippen molar-refractivity contribution in [3.63, 3.8) is 0 Å². The summed E-state index contributed by atoms with van der Waals surface area (Å²) in [7, 11) is 1.46.